The van der Waals surface area contributed by atoms with Crippen molar-refractivity contribution in [3.63, 3.8) is 0 Å². The van der Waals surface area contributed by atoms with Gasteiger partial charge in [-0.25, -0.2) is 4.98 Å². The fourth-order valence-electron chi connectivity index (χ4n) is 4.07. The number of para-hydroxylation sites is 1. The van der Waals surface area contributed by atoms with Gasteiger partial charge in [0.1, 0.15) is 0 Å². The van der Waals surface area contributed by atoms with Crippen LogP contribution in [0.4, 0.5) is 0 Å². The molecule has 1 saturated heterocycles. The van der Waals surface area contributed by atoms with Gasteiger partial charge in [0.2, 0.25) is 6.79 Å². The molecular formula is C23H22N2O4. The zero-order chi connectivity index (χ0) is 20.0. The molecule has 0 N–H and O–H groups in total. The minimum absolute atomic E-state index is 0.00703. The van der Waals surface area contributed by atoms with Crippen molar-refractivity contribution in [1.82, 2.24) is 9.88 Å². The van der Waals surface area contributed by atoms with E-state index >= 15 is 0 Å². The second-order valence-electron chi connectivity index (χ2n) is 7.61. The predicted octanol–water partition coefficient (Wildman–Crippen LogP) is 3.88. The smallest absolute Gasteiger partial charge is 0.254 e. The second-order valence-corrected chi connectivity index (χ2v) is 7.61. The van der Waals surface area contributed by atoms with Crippen LogP contribution in [0, 0.1) is 0 Å². The van der Waals surface area contributed by atoms with Gasteiger partial charge in [-0.3, -0.25) is 4.79 Å². The monoisotopic (exact) mass is 390 g/mol. The van der Waals surface area contributed by atoms with Crippen LogP contribution in [0.25, 0.3) is 22.2 Å². The van der Waals surface area contributed by atoms with Gasteiger partial charge in [0, 0.05) is 24.0 Å². The van der Waals surface area contributed by atoms with Crippen molar-refractivity contribution in [3.8, 4) is 22.8 Å². The standard InChI is InChI=1S/C23H22N2O4/c1-14-11-25(12-15(2)29-14)23(26)18-10-20(24-19-6-4-3-5-17(18)19)16-7-8-21-22(9-16)28-13-27-21/h3-10,14-15H,11-13H2,1-2H3. The van der Waals surface area contributed by atoms with E-state index in [2.05, 4.69) is 0 Å². The van der Waals surface area contributed by atoms with Crippen LogP contribution in [0.3, 0.4) is 0 Å². The number of carbonyl (C=O) groups is 1. The lowest BCUT2D eigenvalue weighted by Crippen LogP contribution is -2.48. The van der Waals surface area contributed by atoms with Crippen molar-refractivity contribution in [2.75, 3.05) is 19.9 Å². The number of nitrogens with zero attached hydrogens (tertiary/aromatic N) is 2. The van der Waals surface area contributed by atoms with Crippen LogP contribution >= 0.6 is 0 Å². The lowest BCUT2D eigenvalue weighted by molar-refractivity contribution is -0.0585. The number of rotatable bonds is 2. The lowest BCUT2D eigenvalue weighted by Gasteiger charge is -2.35. The molecule has 29 heavy (non-hydrogen) atoms. The number of aromatic nitrogens is 1. The fraction of sp³-hybridized carbons (Fsp3) is 0.304. The second kappa shape index (κ2) is 7.04. The van der Waals surface area contributed by atoms with E-state index in [0.29, 0.717) is 24.4 Å². The summed E-state index contributed by atoms with van der Waals surface area (Å²) in [5.41, 5.74) is 3.07. The van der Waals surface area contributed by atoms with Gasteiger partial charge in [0.05, 0.1) is 29.0 Å². The number of benzene rings is 2. The van der Waals surface area contributed by atoms with Crippen molar-refractivity contribution >= 4 is 16.8 Å². The largest absolute Gasteiger partial charge is 0.454 e. The molecule has 148 valence electrons. The number of carbonyl (C=O) groups excluding carboxylic acids is 1. The fourth-order valence-corrected chi connectivity index (χ4v) is 4.07. The van der Waals surface area contributed by atoms with E-state index in [1.165, 1.54) is 0 Å². The maximum absolute atomic E-state index is 13.5. The van der Waals surface area contributed by atoms with Gasteiger partial charge >= 0.3 is 0 Å². The molecule has 0 bridgehead atoms. The molecule has 1 aromatic heterocycles. The number of amides is 1. The van der Waals surface area contributed by atoms with Crippen LogP contribution < -0.4 is 9.47 Å². The number of fused-ring (bicyclic) bond motifs is 2. The molecule has 2 atom stereocenters. The molecule has 3 heterocycles. The molecule has 5 rings (SSSR count). The summed E-state index contributed by atoms with van der Waals surface area (Å²) in [7, 11) is 0. The van der Waals surface area contributed by atoms with Crippen LogP contribution in [0.5, 0.6) is 11.5 Å². The highest BCUT2D eigenvalue weighted by atomic mass is 16.7. The summed E-state index contributed by atoms with van der Waals surface area (Å²) >= 11 is 0. The zero-order valence-corrected chi connectivity index (χ0v) is 16.4. The Labute approximate surface area is 169 Å². The summed E-state index contributed by atoms with van der Waals surface area (Å²) in [5, 5.41) is 0.855. The third-order valence-corrected chi connectivity index (χ3v) is 5.32. The van der Waals surface area contributed by atoms with Crippen LogP contribution in [0.15, 0.2) is 48.5 Å². The molecule has 2 unspecified atom stereocenters. The topological polar surface area (TPSA) is 60.9 Å². The third kappa shape index (κ3) is 3.29. The van der Waals surface area contributed by atoms with Gasteiger partial charge in [-0.15, -0.1) is 0 Å². The highest BCUT2D eigenvalue weighted by Gasteiger charge is 2.28. The summed E-state index contributed by atoms with van der Waals surface area (Å²) in [5.74, 6) is 1.43. The van der Waals surface area contributed by atoms with Crippen molar-refractivity contribution in [2.24, 2.45) is 0 Å². The molecule has 2 aromatic carbocycles. The molecule has 0 radical (unpaired) electrons. The van der Waals surface area contributed by atoms with Crippen molar-refractivity contribution < 1.29 is 19.0 Å². The van der Waals surface area contributed by atoms with Crippen LogP contribution in [-0.2, 0) is 4.74 Å². The third-order valence-electron chi connectivity index (χ3n) is 5.32. The summed E-state index contributed by atoms with van der Waals surface area (Å²) < 4.78 is 16.7. The molecule has 6 nitrogen and oxygen atoms in total. The Bertz CT molecular complexity index is 1090. The van der Waals surface area contributed by atoms with Crippen molar-refractivity contribution in [1.29, 1.82) is 0 Å². The average Bonchev–Trinajstić information content (AvgIpc) is 3.19. The average molecular weight is 390 g/mol. The van der Waals surface area contributed by atoms with Gasteiger partial charge in [-0.1, -0.05) is 18.2 Å². The van der Waals surface area contributed by atoms with E-state index in [1.54, 1.807) is 0 Å². The quantitative estimate of drug-likeness (QED) is 0.665. The van der Waals surface area contributed by atoms with Crippen LogP contribution in [-0.4, -0.2) is 47.9 Å². The first-order chi connectivity index (χ1) is 14.1. The molecule has 6 heteroatoms. The Morgan fingerprint density at radius 1 is 1.00 bits per heavy atom. The number of morpholine rings is 1. The SMILES string of the molecule is CC1CN(C(=O)c2cc(-c3ccc4c(c3)OCO4)nc3ccccc23)CC(C)O1. The molecule has 0 saturated carbocycles. The Hall–Kier alpha value is -3.12. The molecule has 1 amide bonds. The van der Waals surface area contributed by atoms with Crippen molar-refractivity contribution in [2.45, 2.75) is 26.1 Å². The van der Waals surface area contributed by atoms with E-state index in [1.807, 2.05) is 67.3 Å². The summed E-state index contributed by atoms with van der Waals surface area (Å²) in [6, 6.07) is 15.4. The van der Waals surface area contributed by atoms with Crippen LogP contribution in [0.2, 0.25) is 0 Å². The maximum atomic E-state index is 13.5. The van der Waals surface area contributed by atoms with E-state index < -0.39 is 0 Å². The normalized spacial score (nSPS) is 20.8. The Morgan fingerprint density at radius 2 is 1.76 bits per heavy atom. The van der Waals surface area contributed by atoms with Gasteiger partial charge in [0.15, 0.2) is 11.5 Å². The van der Waals surface area contributed by atoms with E-state index in [4.69, 9.17) is 19.2 Å². The molecule has 3 aromatic rings. The first-order valence-electron chi connectivity index (χ1n) is 9.83. The number of pyridine rings is 1. The molecule has 2 aliphatic heterocycles. The number of hydrogen-bond donors (Lipinski definition) is 0. The maximum Gasteiger partial charge on any atom is 0.254 e. The number of ether oxygens (including phenoxy) is 3. The molecular weight excluding hydrogens is 368 g/mol. The predicted molar refractivity (Wildman–Crippen MR) is 109 cm³/mol. The first-order valence-corrected chi connectivity index (χ1v) is 9.83. The highest BCUT2D eigenvalue weighted by Crippen LogP contribution is 2.36. The molecule has 0 aliphatic carbocycles. The Kier molecular flexibility index (Phi) is 4.36. The van der Waals surface area contributed by atoms with E-state index in [-0.39, 0.29) is 24.9 Å². The minimum Gasteiger partial charge on any atom is -0.454 e. The lowest BCUT2D eigenvalue weighted by atomic mass is 10.0. The van der Waals surface area contributed by atoms with E-state index in [9.17, 15) is 4.79 Å². The molecule has 0 spiro atoms. The van der Waals surface area contributed by atoms with Gasteiger partial charge < -0.3 is 19.1 Å². The van der Waals surface area contributed by atoms with Gasteiger partial charge in [0.25, 0.3) is 5.91 Å². The minimum atomic E-state index is 0.00703. The first kappa shape index (κ1) is 17.9. The molecule has 2 aliphatic rings. The summed E-state index contributed by atoms with van der Waals surface area (Å²) in [6.45, 7) is 5.39. The molecule has 1 fully saturated rings. The van der Waals surface area contributed by atoms with Gasteiger partial charge in [-0.05, 0) is 44.2 Å². The van der Waals surface area contributed by atoms with Crippen LogP contribution in [0.1, 0.15) is 24.2 Å². The number of hydrogen-bond acceptors (Lipinski definition) is 5. The van der Waals surface area contributed by atoms with E-state index in [0.717, 1.165) is 27.9 Å². The summed E-state index contributed by atoms with van der Waals surface area (Å²) in [4.78, 5) is 20.1. The zero-order valence-electron chi connectivity index (χ0n) is 16.4. The summed E-state index contributed by atoms with van der Waals surface area (Å²) in [6.07, 6.45) is 0.0354. The Morgan fingerprint density at radius 3 is 2.59 bits per heavy atom. The van der Waals surface area contributed by atoms with Gasteiger partial charge in [-0.2, -0.15) is 0 Å². The highest BCUT2D eigenvalue weighted by molar-refractivity contribution is 6.07. The van der Waals surface area contributed by atoms with Crippen molar-refractivity contribution in [3.05, 3.63) is 54.1 Å². The Balaban J connectivity index is 1.60.